The van der Waals surface area contributed by atoms with Gasteiger partial charge in [0.2, 0.25) is 0 Å². The lowest BCUT2D eigenvalue weighted by Crippen LogP contribution is -2.37. The average molecular weight is 402 g/mol. The summed E-state index contributed by atoms with van der Waals surface area (Å²) in [5.41, 5.74) is 2.10. The van der Waals surface area contributed by atoms with E-state index in [0.29, 0.717) is 11.4 Å². The Kier molecular flexibility index (Phi) is 6.93. The largest absolute Gasteiger partial charge is 0.492 e. The number of halogens is 1. The summed E-state index contributed by atoms with van der Waals surface area (Å²) in [5, 5.41) is 3.46. The van der Waals surface area contributed by atoms with Crippen LogP contribution in [0.15, 0.2) is 48.5 Å². The van der Waals surface area contributed by atoms with Crippen LogP contribution in [0.25, 0.3) is 0 Å². The van der Waals surface area contributed by atoms with E-state index in [-0.39, 0.29) is 25.2 Å². The minimum absolute atomic E-state index is 0.00144. The van der Waals surface area contributed by atoms with Gasteiger partial charge in [0.15, 0.2) is 6.61 Å². The Balaban J connectivity index is 1.40. The number of nitrogens with one attached hydrogen (secondary N) is 1. The van der Waals surface area contributed by atoms with Crippen molar-refractivity contribution in [1.82, 2.24) is 5.32 Å². The molecule has 1 aliphatic heterocycles. The predicted molar refractivity (Wildman–Crippen MR) is 107 cm³/mol. The molecule has 0 unspecified atom stereocenters. The molecule has 6 heteroatoms. The fraction of sp³-hybridized carbons (Fsp3) is 0.364. The highest BCUT2D eigenvalue weighted by atomic mass is 35.5. The summed E-state index contributed by atoms with van der Waals surface area (Å²) in [5.74, 6) is -0.431. The van der Waals surface area contributed by atoms with Gasteiger partial charge < -0.3 is 14.8 Å². The van der Waals surface area contributed by atoms with Gasteiger partial charge in [-0.2, -0.15) is 0 Å². The summed E-state index contributed by atoms with van der Waals surface area (Å²) in [4.78, 5) is 24.3. The van der Waals surface area contributed by atoms with E-state index >= 15 is 0 Å². The number of aryl methyl sites for hydroxylation is 1. The maximum atomic E-state index is 12.3. The number of esters is 1. The Morgan fingerprint density at radius 1 is 1.25 bits per heavy atom. The number of amides is 1. The van der Waals surface area contributed by atoms with Gasteiger partial charge in [-0.15, -0.1) is 0 Å². The van der Waals surface area contributed by atoms with Crippen molar-refractivity contribution in [3.8, 4) is 5.75 Å². The predicted octanol–water partition coefficient (Wildman–Crippen LogP) is 3.57. The Labute approximate surface area is 170 Å². The maximum absolute atomic E-state index is 12.3. The van der Waals surface area contributed by atoms with Crippen LogP contribution in [0.4, 0.5) is 0 Å². The summed E-state index contributed by atoms with van der Waals surface area (Å²) < 4.78 is 10.8. The molecule has 0 bridgehead atoms. The molecule has 2 atom stereocenters. The van der Waals surface area contributed by atoms with Crippen LogP contribution in [0.3, 0.4) is 0 Å². The molecule has 0 radical (unpaired) electrons. The van der Waals surface area contributed by atoms with Gasteiger partial charge in [0.25, 0.3) is 5.91 Å². The number of carbonyl (C=O) groups is 2. The van der Waals surface area contributed by atoms with Crippen molar-refractivity contribution in [2.24, 2.45) is 5.92 Å². The summed E-state index contributed by atoms with van der Waals surface area (Å²) in [6, 6.07) is 15.4. The van der Waals surface area contributed by atoms with Crippen molar-refractivity contribution in [3.05, 3.63) is 64.7 Å². The molecule has 3 rings (SSSR count). The lowest BCUT2D eigenvalue weighted by molar-refractivity contribution is -0.154. The summed E-state index contributed by atoms with van der Waals surface area (Å²) in [6.45, 7) is 1.90. The van der Waals surface area contributed by atoms with Crippen LogP contribution in [0.2, 0.25) is 5.02 Å². The quantitative estimate of drug-likeness (QED) is 0.720. The second-order valence-corrected chi connectivity index (χ2v) is 7.50. The molecule has 0 saturated heterocycles. The summed E-state index contributed by atoms with van der Waals surface area (Å²) in [7, 11) is 0. The average Bonchev–Trinajstić information content (AvgIpc) is 2.70. The third-order valence-corrected chi connectivity index (χ3v) is 4.96. The zero-order chi connectivity index (χ0) is 19.9. The second-order valence-electron chi connectivity index (χ2n) is 7.06. The number of benzene rings is 2. The van der Waals surface area contributed by atoms with Crippen molar-refractivity contribution < 1.29 is 19.1 Å². The second kappa shape index (κ2) is 9.60. The Morgan fingerprint density at radius 2 is 2.04 bits per heavy atom. The molecule has 0 fully saturated rings. The maximum Gasteiger partial charge on any atom is 0.313 e. The van der Waals surface area contributed by atoms with E-state index in [0.717, 1.165) is 24.2 Å². The molecule has 0 aliphatic carbocycles. The molecular formula is C22H24ClNO4. The first-order valence-electron chi connectivity index (χ1n) is 9.42. The molecule has 2 aromatic carbocycles. The highest BCUT2D eigenvalue weighted by Gasteiger charge is 2.28. The minimum atomic E-state index is -0.436. The van der Waals surface area contributed by atoms with Crippen molar-refractivity contribution >= 4 is 23.5 Å². The lowest BCUT2D eigenvalue weighted by atomic mass is 9.97. The first kappa shape index (κ1) is 20.2. The third kappa shape index (κ3) is 5.73. The molecule has 0 saturated carbocycles. The van der Waals surface area contributed by atoms with Gasteiger partial charge in [0, 0.05) is 11.1 Å². The molecule has 1 aliphatic rings. The summed E-state index contributed by atoms with van der Waals surface area (Å²) in [6.07, 6.45) is 2.19. The first-order chi connectivity index (χ1) is 13.5. The van der Waals surface area contributed by atoms with Gasteiger partial charge in [-0.25, -0.2) is 0 Å². The van der Waals surface area contributed by atoms with E-state index in [1.54, 1.807) is 18.2 Å². The van der Waals surface area contributed by atoms with Gasteiger partial charge in [-0.3, -0.25) is 9.59 Å². The molecule has 1 amide bonds. The van der Waals surface area contributed by atoms with E-state index in [2.05, 4.69) is 17.4 Å². The smallest absolute Gasteiger partial charge is 0.313 e. The SMILES string of the molecule is C[C@@H](CCc1ccccc1)NC(=O)COC(=O)[C@H]1COc2ccc(Cl)cc2C1. The fourth-order valence-corrected chi connectivity index (χ4v) is 3.38. The number of hydrogen-bond acceptors (Lipinski definition) is 4. The zero-order valence-corrected chi connectivity index (χ0v) is 16.6. The Bertz CT molecular complexity index is 825. The number of fused-ring (bicyclic) bond motifs is 1. The molecule has 0 spiro atoms. The molecule has 1 heterocycles. The number of ether oxygens (including phenoxy) is 2. The van der Waals surface area contributed by atoms with Crippen LogP contribution in [-0.4, -0.2) is 31.1 Å². The molecule has 0 aromatic heterocycles. The molecule has 148 valence electrons. The lowest BCUT2D eigenvalue weighted by Gasteiger charge is -2.24. The topological polar surface area (TPSA) is 64.6 Å². The number of carbonyl (C=O) groups excluding carboxylic acids is 2. The normalized spacial score (nSPS) is 16.4. The zero-order valence-electron chi connectivity index (χ0n) is 15.8. The van der Waals surface area contributed by atoms with Gasteiger partial charge in [0.05, 0.1) is 5.92 Å². The first-order valence-corrected chi connectivity index (χ1v) is 9.80. The fourth-order valence-electron chi connectivity index (χ4n) is 3.19. The monoisotopic (exact) mass is 401 g/mol. The van der Waals surface area contributed by atoms with E-state index in [1.165, 1.54) is 5.56 Å². The van der Waals surface area contributed by atoms with Gasteiger partial charge in [-0.1, -0.05) is 41.9 Å². The molecule has 2 aromatic rings. The highest BCUT2D eigenvalue weighted by molar-refractivity contribution is 6.30. The van der Waals surface area contributed by atoms with E-state index in [1.807, 2.05) is 25.1 Å². The Morgan fingerprint density at radius 3 is 2.82 bits per heavy atom. The van der Waals surface area contributed by atoms with Crippen LogP contribution in [0, 0.1) is 5.92 Å². The number of hydrogen-bond donors (Lipinski definition) is 1. The van der Waals surface area contributed by atoms with Crippen molar-refractivity contribution in [2.75, 3.05) is 13.2 Å². The van der Waals surface area contributed by atoms with Crippen LogP contribution < -0.4 is 10.1 Å². The standard InChI is InChI=1S/C22H24ClNO4/c1-15(7-8-16-5-3-2-4-6-16)24-21(25)14-28-22(26)18-11-17-12-19(23)9-10-20(17)27-13-18/h2-6,9-10,12,15,18H,7-8,11,13-14H2,1H3,(H,24,25)/t15-,18+/m0/s1. The van der Waals surface area contributed by atoms with E-state index in [9.17, 15) is 9.59 Å². The minimum Gasteiger partial charge on any atom is -0.492 e. The van der Waals surface area contributed by atoms with Crippen LogP contribution in [-0.2, 0) is 27.2 Å². The molecule has 28 heavy (non-hydrogen) atoms. The van der Waals surface area contributed by atoms with E-state index < -0.39 is 11.9 Å². The molecule has 5 nitrogen and oxygen atoms in total. The van der Waals surface area contributed by atoms with Gasteiger partial charge in [0.1, 0.15) is 12.4 Å². The van der Waals surface area contributed by atoms with E-state index in [4.69, 9.17) is 21.1 Å². The Hall–Kier alpha value is -2.53. The molecule has 1 N–H and O–H groups in total. The van der Waals surface area contributed by atoms with Crippen LogP contribution >= 0.6 is 11.6 Å². The molecular weight excluding hydrogens is 378 g/mol. The van der Waals surface area contributed by atoms with Gasteiger partial charge in [-0.05, 0) is 55.5 Å². The van der Waals surface area contributed by atoms with Crippen LogP contribution in [0.1, 0.15) is 24.5 Å². The number of rotatable bonds is 7. The van der Waals surface area contributed by atoms with Crippen molar-refractivity contribution in [2.45, 2.75) is 32.2 Å². The summed E-state index contributed by atoms with van der Waals surface area (Å²) >= 11 is 6.00. The van der Waals surface area contributed by atoms with Gasteiger partial charge >= 0.3 is 5.97 Å². The highest BCUT2D eigenvalue weighted by Crippen LogP contribution is 2.30. The third-order valence-electron chi connectivity index (χ3n) is 4.72. The van der Waals surface area contributed by atoms with Crippen LogP contribution in [0.5, 0.6) is 5.75 Å². The van der Waals surface area contributed by atoms with Crippen molar-refractivity contribution in [3.63, 3.8) is 0 Å². The van der Waals surface area contributed by atoms with Crippen molar-refractivity contribution in [1.29, 1.82) is 0 Å².